The van der Waals surface area contributed by atoms with Gasteiger partial charge in [-0.15, -0.1) is 0 Å². The lowest BCUT2D eigenvalue weighted by Crippen LogP contribution is -2.44. The van der Waals surface area contributed by atoms with Crippen molar-refractivity contribution in [3.63, 3.8) is 0 Å². The van der Waals surface area contributed by atoms with Gasteiger partial charge < -0.3 is 5.32 Å². The van der Waals surface area contributed by atoms with Crippen LogP contribution in [-0.2, 0) is 17.4 Å². The Morgan fingerprint density at radius 3 is 2.60 bits per heavy atom. The number of hydrogen-bond acceptors (Lipinski definition) is 4. The zero-order valence-electron chi connectivity index (χ0n) is 16.9. The fraction of sp³-hybridized carbons (Fsp3) is 0.250. The highest BCUT2D eigenvalue weighted by molar-refractivity contribution is 6.02. The molecule has 4 rings (SSSR count). The van der Waals surface area contributed by atoms with Crippen LogP contribution in [0.3, 0.4) is 0 Å². The molecule has 1 aliphatic carbocycles. The molecule has 1 saturated carbocycles. The molecule has 30 heavy (non-hydrogen) atoms. The number of benzene rings is 1. The van der Waals surface area contributed by atoms with E-state index in [1.54, 1.807) is 23.0 Å². The molecule has 2 aromatic heterocycles. The summed E-state index contributed by atoms with van der Waals surface area (Å²) in [6.07, 6.45) is 9.00. The average molecular weight is 397 g/mol. The monoisotopic (exact) mass is 397 g/mol. The molecule has 0 unspecified atom stereocenters. The van der Waals surface area contributed by atoms with Gasteiger partial charge in [-0.2, -0.15) is 10.4 Å². The quantitative estimate of drug-likeness (QED) is 0.521. The van der Waals surface area contributed by atoms with Crippen LogP contribution in [0.15, 0.2) is 66.5 Å². The number of hydrogen-bond donors (Lipinski definition) is 1. The molecule has 0 saturated heterocycles. The number of carbonyl (C=O) groups excluding carboxylic acids is 1. The summed E-state index contributed by atoms with van der Waals surface area (Å²) < 4.78 is 1.71. The Hall–Kier alpha value is -3.72. The van der Waals surface area contributed by atoms with Crippen molar-refractivity contribution in [2.75, 3.05) is 0 Å². The SMILES string of the molecule is Cn1cc(-c2cccc(C=C(C#N)C(=O)NC3(c4ccccc4)CCCC3)n2)cn1. The highest BCUT2D eigenvalue weighted by Crippen LogP contribution is 2.38. The maximum Gasteiger partial charge on any atom is 0.262 e. The maximum absolute atomic E-state index is 13.0. The van der Waals surface area contributed by atoms with Gasteiger partial charge in [-0.3, -0.25) is 9.48 Å². The van der Waals surface area contributed by atoms with Gasteiger partial charge >= 0.3 is 0 Å². The van der Waals surface area contributed by atoms with Crippen LogP contribution < -0.4 is 5.32 Å². The van der Waals surface area contributed by atoms with E-state index >= 15 is 0 Å². The number of aryl methyl sites for hydroxylation is 1. The summed E-state index contributed by atoms with van der Waals surface area (Å²) in [5.41, 5.74) is 2.90. The Kier molecular flexibility index (Phi) is 5.44. The Bertz CT molecular complexity index is 1120. The van der Waals surface area contributed by atoms with Crippen molar-refractivity contribution in [3.05, 3.63) is 77.8 Å². The Morgan fingerprint density at radius 2 is 1.93 bits per heavy atom. The summed E-state index contributed by atoms with van der Waals surface area (Å²) >= 11 is 0. The van der Waals surface area contributed by atoms with Gasteiger partial charge in [0, 0.05) is 18.8 Å². The van der Waals surface area contributed by atoms with E-state index in [4.69, 9.17) is 0 Å². The fourth-order valence-electron chi connectivity index (χ4n) is 4.05. The lowest BCUT2D eigenvalue weighted by molar-refractivity contribution is -0.119. The van der Waals surface area contributed by atoms with E-state index in [1.165, 1.54) is 0 Å². The van der Waals surface area contributed by atoms with Gasteiger partial charge in [-0.1, -0.05) is 49.2 Å². The first-order chi connectivity index (χ1) is 14.6. The first-order valence-electron chi connectivity index (χ1n) is 10.1. The van der Waals surface area contributed by atoms with Crippen molar-refractivity contribution in [2.45, 2.75) is 31.2 Å². The highest BCUT2D eigenvalue weighted by atomic mass is 16.1. The molecule has 0 aliphatic heterocycles. The first kappa shape index (κ1) is 19.6. The lowest BCUT2D eigenvalue weighted by Gasteiger charge is -2.31. The molecule has 1 fully saturated rings. The number of aromatic nitrogens is 3. The third kappa shape index (κ3) is 4.01. The van der Waals surface area contributed by atoms with E-state index in [0.717, 1.165) is 42.5 Å². The minimum atomic E-state index is -0.417. The Labute approximate surface area is 175 Å². The van der Waals surface area contributed by atoms with Crippen LogP contribution in [0.1, 0.15) is 36.9 Å². The van der Waals surface area contributed by atoms with E-state index in [-0.39, 0.29) is 11.5 Å². The van der Waals surface area contributed by atoms with Crippen molar-refractivity contribution in [3.8, 4) is 17.3 Å². The summed E-state index contributed by atoms with van der Waals surface area (Å²) in [6, 6.07) is 17.6. The summed E-state index contributed by atoms with van der Waals surface area (Å²) in [7, 11) is 1.84. The van der Waals surface area contributed by atoms with Crippen molar-refractivity contribution in [2.24, 2.45) is 7.05 Å². The largest absolute Gasteiger partial charge is 0.342 e. The van der Waals surface area contributed by atoms with E-state index in [2.05, 4.69) is 15.4 Å². The Balaban J connectivity index is 1.60. The minimum Gasteiger partial charge on any atom is -0.342 e. The van der Waals surface area contributed by atoms with Gasteiger partial charge in [0.05, 0.1) is 23.1 Å². The van der Waals surface area contributed by atoms with Crippen molar-refractivity contribution < 1.29 is 4.79 Å². The molecule has 1 N–H and O–H groups in total. The molecule has 3 aromatic rings. The van der Waals surface area contributed by atoms with Crippen LogP contribution in [0, 0.1) is 11.3 Å². The Morgan fingerprint density at radius 1 is 1.17 bits per heavy atom. The minimum absolute atomic E-state index is 0.0491. The van der Waals surface area contributed by atoms with Crippen LogP contribution in [0.2, 0.25) is 0 Å². The molecule has 0 radical (unpaired) electrons. The maximum atomic E-state index is 13.0. The van der Waals surface area contributed by atoms with E-state index in [9.17, 15) is 10.1 Å². The average Bonchev–Trinajstić information content (AvgIpc) is 3.43. The van der Waals surface area contributed by atoms with E-state index < -0.39 is 5.54 Å². The standard InChI is InChI=1S/C24H23N5O/c1-29-17-19(16-26-29)22-11-7-10-21(27-22)14-18(15-25)23(30)28-24(12-5-6-13-24)20-8-3-2-4-9-20/h2-4,7-11,14,16-17H,5-6,12-13H2,1H3,(H,28,30). The predicted octanol–water partition coefficient (Wildman–Crippen LogP) is 3.97. The van der Waals surface area contributed by atoms with Crippen LogP contribution in [0.4, 0.5) is 0 Å². The zero-order chi connectivity index (χ0) is 21.0. The predicted molar refractivity (Wildman–Crippen MR) is 115 cm³/mol. The second-order valence-electron chi connectivity index (χ2n) is 7.63. The second-order valence-corrected chi connectivity index (χ2v) is 7.63. The van der Waals surface area contributed by atoms with Crippen molar-refractivity contribution in [1.29, 1.82) is 5.26 Å². The molecule has 0 atom stereocenters. The fourth-order valence-corrected chi connectivity index (χ4v) is 4.05. The van der Waals surface area contributed by atoms with Gasteiger partial charge in [0.1, 0.15) is 11.6 Å². The highest BCUT2D eigenvalue weighted by Gasteiger charge is 2.37. The first-order valence-corrected chi connectivity index (χ1v) is 10.1. The molecule has 1 aliphatic rings. The van der Waals surface area contributed by atoms with Crippen LogP contribution in [0.5, 0.6) is 0 Å². The number of amides is 1. The molecule has 1 amide bonds. The third-order valence-electron chi connectivity index (χ3n) is 5.56. The van der Waals surface area contributed by atoms with Gasteiger partial charge in [-0.05, 0) is 36.6 Å². The molecular formula is C24H23N5O. The van der Waals surface area contributed by atoms with Crippen LogP contribution >= 0.6 is 0 Å². The summed E-state index contributed by atoms with van der Waals surface area (Å²) in [4.78, 5) is 17.6. The number of nitriles is 1. The summed E-state index contributed by atoms with van der Waals surface area (Å²) in [5, 5.41) is 17.0. The number of carbonyl (C=O) groups is 1. The molecule has 150 valence electrons. The zero-order valence-corrected chi connectivity index (χ0v) is 16.9. The van der Waals surface area contributed by atoms with E-state index in [0.29, 0.717) is 5.69 Å². The summed E-state index contributed by atoms with van der Waals surface area (Å²) in [6.45, 7) is 0. The van der Waals surface area contributed by atoms with E-state index in [1.807, 2.05) is 61.8 Å². The van der Waals surface area contributed by atoms with Gasteiger partial charge in [0.2, 0.25) is 0 Å². The smallest absolute Gasteiger partial charge is 0.262 e. The second kappa shape index (κ2) is 8.34. The van der Waals surface area contributed by atoms with Gasteiger partial charge in [0.25, 0.3) is 5.91 Å². The number of nitrogens with zero attached hydrogens (tertiary/aromatic N) is 4. The molecule has 0 spiro atoms. The normalized spacial score (nSPS) is 15.5. The molecule has 6 heteroatoms. The van der Waals surface area contributed by atoms with Crippen molar-refractivity contribution in [1.82, 2.24) is 20.1 Å². The number of rotatable bonds is 5. The lowest BCUT2D eigenvalue weighted by atomic mass is 9.88. The van der Waals surface area contributed by atoms with Crippen molar-refractivity contribution >= 4 is 12.0 Å². The molecule has 1 aromatic carbocycles. The molecule has 6 nitrogen and oxygen atoms in total. The summed E-state index contributed by atoms with van der Waals surface area (Å²) in [5.74, 6) is -0.364. The molecular weight excluding hydrogens is 374 g/mol. The van der Waals surface area contributed by atoms with Gasteiger partial charge in [0.15, 0.2) is 0 Å². The molecule has 0 bridgehead atoms. The third-order valence-corrected chi connectivity index (χ3v) is 5.56. The van der Waals surface area contributed by atoms with Crippen LogP contribution in [-0.4, -0.2) is 20.7 Å². The topological polar surface area (TPSA) is 83.6 Å². The number of nitrogens with one attached hydrogen (secondary N) is 1. The number of pyridine rings is 1. The van der Waals surface area contributed by atoms with Gasteiger partial charge in [-0.25, -0.2) is 4.98 Å². The molecule has 2 heterocycles. The van der Waals surface area contributed by atoms with Crippen LogP contribution in [0.25, 0.3) is 17.3 Å².